The summed E-state index contributed by atoms with van der Waals surface area (Å²) in [7, 11) is 0. The molecule has 0 aliphatic heterocycles. The fourth-order valence-corrected chi connectivity index (χ4v) is 0.848. The molecule has 1 aromatic carbocycles. The van der Waals surface area contributed by atoms with Crippen LogP contribution in [0.2, 0.25) is 0 Å². The molecule has 0 unspecified atom stereocenters. The maximum atomic E-state index is 12.8. The predicted molar refractivity (Wildman–Crippen MR) is 40.1 cm³/mol. The van der Waals surface area contributed by atoms with E-state index in [-0.39, 0.29) is 0 Å². The zero-order valence-corrected chi connectivity index (χ0v) is 6.59. The maximum absolute atomic E-state index is 12.8. The molecule has 0 bridgehead atoms. The molecule has 14 heavy (non-hydrogen) atoms. The summed E-state index contributed by atoms with van der Waals surface area (Å²) in [6.45, 7) is 0. The average Bonchev–Trinajstić information content (AvgIpc) is 2.13. The van der Waals surface area contributed by atoms with Gasteiger partial charge in [0, 0.05) is 4.91 Å². The molecule has 0 aromatic heterocycles. The van der Waals surface area contributed by atoms with Gasteiger partial charge in [-0.05, 0) is 17.7 Å². The van der Waals surface area contributed by atoms with E-state index in [0.717, 1.165) is 6.07 Å². The summed E-state index contributed by atoms with van der Waals surface area (Å²) in [6, 6.07) is 1.46. The Labute approximate surface area is 75.6 Å². The smallest absolute Gasteiger partial charge is 0.205 e. The van der Waals surface area contributed by atoms with Crippen molar-refractivity contribution in [3.05, 3.63) is 39.8 Å². The highest BCUT2D eigenvalue weighted by atomic mass is 19.3. The van der Waals surface area contributed by atoms with Crippen LogP contribution in [0.1, 0.15) is 12.0 Å². The summed E-state index contributed by atoms with van der Waals surface area (Å²) >= 11 is 0. The minimum Gasteiger partial charge on any atom is -0.205 e. The van der Waals surface area contributed by atoms with Crippen molar-refractivity contribution in [1.29, 1.82) is 0 Å². The van der Waals surface area contributed by atoms with E-state index in [4.69, 9.17) is 5.53 Å². The minimum atomic E-state index is -3.11. The van der Waals surface area contributed by atoms with Crippen LogP contribution < -0.4 is 0 Å². The predicted octanol–water partition coefficient (Wildman–Crippen LogP) is 3.84. The van der Waals surface area contributed by atoms with Crippen LogP contribution in [0, 0.1) is 11.6 Å². The third kappa shape index (κ3) is 1.77. The Morgan fingerprint density at radius 3 is 2.36 bits per heavy atom. The van der Waals surface area contributed by atoms with Crippen LogP contribution in [0.4, 0.5) is 23.2 Å². The van der Waals surface area contributed by atoms with Crippen molar-refractivity contribution in [3.8, 4) is 0 Å². The lowest BCUT2D eigenvalue weighted by Crippen LogP contribution is -1.94. The van der Waals surface area contributed by atoms with Crippen molar-refractivity contribution in [2.45, 2.75) is 6.43 Å². The standard InChI is InChI=1S/C7H3F4N3/c8-5-3(7(10)11)1-2-4(6(5)9)13-14-12/h1-2,7H. The number of alkyl halides is 2. The van der Waals surface area contributed by atoms with E-state index in [1.54, 1.807) is 0 Å². The van der Waals surface area contributed by atoms with E-state index in [0.29, 0.717) is 6.07 Å². The van der Waals surface area contributed by atoms with E-state index in [2.05, 4.69) is 10.0 Å². The second-order valence-electron chi connectivity index (χ2n) is 2.29. The molecule has 0 amide bonds. The van der Waals surface area contributed by atoms with Crippen molar-refractivity contribution in [2.24, 2.45) is 5.11 Å². The van der Waals surface area contributed by atoms with Gasteiger partial charge in [0.25, 0.3) is 6.43 Å². The summed E-state index contributed by atoms with van der Waals surface area (Å²) < 4.78 is 49.7. The van der Waals surface area contributed by atoms with Gasteiger partial charge in [-0.25, -0.2) is 17.6 Å². The molecule has 1 rings (SSSR count). The van der Waals surface area contributed by atoms with Gasteiger partial charge >= 0.3 is 0 Å². The van der Waals surface area contributed by atoms with Gasteiger partial charge in [-0.2, -0.15) is 0 Å². The van der Waals surface area contributed by atoms with Crippen molar-refractivity contribution < 1.29 is 17.6 Å². The zero-order chi connectivity index (χ0) is 10.7. The van der Waals surface area contributed by atoms with E-state index in [9.17, 15) is 17.6 Å². The molecule has 0 N–H and O–H groups in total. The SMILES string of the molecule is [N-]=[N+]=Nc1ccc(C(F)F)c(F)c1F. The Bertz CT molecular complexity index is 398. The Morgan fingerprint density at radius 1 is 1.21 bits per heavy atom. The molecule has 0 fully saturated rings. The summed E-state index contributed by atoms with van der Waals surface area (Å²) in [5.41, 5.74) is 6.23. The summed E-state index contributed by atoms with van der Waals surface area (Å²) in [5, 5.41) is 2.79. The van der Waals surface area contributed by atoms with Gasteiger partial charge < -0.3 is 0 Å². The van der Waals surface area contributed by atoms with E-state index < -0.39 is 29.3 Å². The lowest BCUT2D eigenvalue weighted by atomic mass is 10.2. The topological polar surface area (TPSA) is 48.8 Å². The highest BCUT2D eigenvalue weighted by molar-refractivity contribution is 5.41. The van der Waals surface area contributed by atoms with Crippen LogP contribution in [-0.2, 0) is 0 Å². The monoisotopic (exact) mass is 205 g/mol. The van der Waals surface area contributed by atoms with Gasteiger partial charge in [0.05, 0.1) is 11.3 Å². The third-order valence-electron chi connectivity index (χ3n) is 1.48. The molecule has 0 saturated heterocycles. The van der Waals surface area contributed by atoms with Crippen molar-refractivity contribution in [2.75, 3.05) is 0 Å². The van der Waals surface area contributed by atoms with E-state index in [1.807, 2.05) is 0 Å². The molecular weight excluding hydrogens is 202 g/mol. The number of hydrogen-bond donors (Lipinski definition) is 0. The summed E-state index contributed by atoms with van der Waals surface area (Å²) in [4.78, 5) is 2.21. The Kier molecular flexibility index (Phi) is 2.93. The number of azide groups is 1. The van der Waals surface area contributed by atoms with Crippen LogP contribution in [-0.4, -0.2) is 0 Å². The van der Waals surface area contributed by atoms with Gasteiger partial charge in [0.15, 0.2) is 11.6 Å². The van der Waals surface area contributed by atoms with Gasteiger partial charge in [0.2, 0.25) is 0 Å². The second kappa shape index (κ2) is 3.97. The Hall–Kier alpha value is -1.75. The molecule has 0 saturated carbocycles. The molecule has 74 valence electrons. The molecule has 1 aromatic rings. The van der Waals surface area contributed by atoms with E-state index in [1.165, 1.54) is 0 Å². The maximum Gasteiger partial charge on any atom is 0.266 e. The van der Waals surface area contributed by atoms with Gasteiger partial charge in [-0.3, -0.25) is 0 Å². The normalized spacial score (nSPS) is 10.1. The Morgan fingerprint density at radius 2 is 1.86 bits per heavy atom. The fraction of sp³-hybridized carbons (Fsp3) is 0.143. The van der Waals surface area contributed by atoms with Crippen LogP contribution >= 0.6 is 0 Å². The number of benzene rings is 1. The lowest BCUT2D eigenvalue weighted by molar-refractivity contribution is 0.145. The lowest BCUT2D eigenvalue weighted by Gasteiger charge is -2.03. The van der Waals surface area contributed by atoms with Gasteiger partial charge in [0.1, 0.15) is 0 Å². The van der Waals surface area contributed by atoms with Crippen molar-refractivity contribution >= 4 is 5.69 Å². The van der Waals surface area contributed by atoms with Crippen LogP contribution in [0.3, 0.4) is 0 Å². The Balaban J connectivity index is 3.32. The molecule has 0 atom stereocenters. The number of nitrogens with zero attached hydrogens (tertiary/aromatic N) is 3. The van der Waals surface area contributed by atoms with Crippen LogP contribution in [0.25, 0.3) is 10.4 Å². The second-order valence-corrected chi connectivity index (χ2v) is 2.29. The molecule has 0 heterocycles. The summed E-state index contributed by atoms with van der Waals surface area (Å²) in [5.74, 6) is -3.26. The molecule has 0 spiro atoms. The van der Waals surface area contributed by atoms with Crippen molar-refractivity contribution in [1.82, 2.24) is 0 Å². The van der Waals surface area contributed by atoms with Crippen LogP contribution in [0.5, 0.6) is 0 Å². The zero-order valence-electron chi connectivity index (χ0n) is 6.59. The first-order chi connectivity index (χ1) is 6.57. The molecule has 0 radical (unpaired) electrons. The molecule has 0 aliphatic carbocycles. The molecular formula is C7H3F4N3. The minimum absolute atomic E-state index is 0.644. The van der Waals surface area contributed by atoms with Gasteiger partial charge in [-0.15, -0.1) is 0 Å². The number of hydrogen-bond acceptors (Lipinski definition) is 1. The van der Waals surface area contributed by atoms with Gasteiger partial charge in [-0.1, -0.05) is 5.11 Å². The van der Waals surface area contributed by atoms with Crippen LogP contribution in [0.15, 0.2) is 17.2 Å². The highest BCUT2D eigenvalue weighted by Gasteiger charge is 2.18. The van der Waals surface area contributed by atoms with E-state index >= 15 is 0 Å². The fourth-order valence-electron chi connectivity index (χ4n) is 0.848. The quantitative estimate of drug-likeness (QED) is 0.305. The van der Waals surface area contributed by atoms with Crippen molar-refractivity contribution in [3.63, 3.8) is 0 Å². The molecule has 7 heteroatoms. The molecule has 0 aliphatic rings. The largest absolute Gasteiger partial charge is 0.266 e. The first-order valence-corrected chi connectivity index (χ1v) is 3.39. The molecule has 3 nitrogen and oxygen atoms in total. The average molecular weight is 205 g/mol. The first-order valence-electron chi connectivity index (χ1n) is 3.39. The number of halogens is 4. The first kappa shape index (κ1) is 10.3. The number of rotatable bonds is 2. The highest BCUT2D eigenvalue weighted by Crippen LogP contribution is 2.28. The summed E-state index contributed by atoms with van der Waals surface area (Å²) in [6.07, 6.45) is -3.11. The third-order valence-corrected chi connectivity index (χ3v) is 1.48.